The lowest BCUT2D eigenvalue weighted by atomic mass is 10.3. The van der Waals surface area contributed by atoms with Gasteiger partial charge in [0.2, 0.25) is 0 Å². The first-order chi connectivity index (χ1) is 12.6. The van der Waals surface area contributed by atoms with Gasteiger partial charge in [0.15, 0.2) is 0 Å². The lowest BCUT2D eigenvalue weighted by molar-refractivity contribution is -0.149. The molecule has 0 aliphatic heterocycles. The van der Waals surface area contributed by atoms with Crippen molar-refractivity contribution in [2.75, 3.05) is 12.3 Å². The molecule has 11 heteroatoms. The zero-order chi connectivity index (χ0) is 20.6. The van der Waals surface area contributed by atoms with Gasteiger partial charge in [0.25, 0.3) is 8.53 Å². The van der Waals surface area contributed by atoms with Crippen molar-refractivity contribution in [3.05, 3.63) is 22.7 Å². The Morgan fingerprint density at radius 2 is 2.07 bits per heavy atom. The van der Waals surface area contributed by atoms with E-state index in [4.69, 9.17) is 19.7 Å². The van der Waals surface area contributed by atoms with Crippen LogP contribution in [0.4, 0.5) is 5.82 Å². The van der Waals surface area contributed by atoms with Gasteiger partial charge in [-0.25, -0.2) is 9.88 Å². The molecule has 0 aromatic carbocycles. The number of esters is 1. The number of nitrogen functional groups attached to an aromatic ring is 1. The second kappa shape index (κ2) is 11.3. The van der Waals surface area contributed by atoms with Gasteiger partial charge in [-0.1, -0.05) is 6.92 Å². The maximum absolute atomic E-state index is 11.8. The number of hydrogen-bond acceptors (Lipinski definition) is 9. The number of rotatable bonds is 11. The predicted octanol–water partition coefficient (Wildman–Crippen LogP) is 1.30. The molecule has 4 unspecified atom stereocenters. The van der Waals surface area contributed by atoms with Crippen molar-refractivity contribution in [2.24, 2.45) is 0 Å². The summed E-state index contributed by atoms with van der Waals surface area (Å²) in [6.45, 7) is 8.74. The fourth-order valence-electron chi connectivity index (χ4n) is 2.04. The summed E-state index contributed by atoms with van der Waals surface area (Å²) in [6.07, 6.45) is 0.901. The fraction of sp³-hybridized carbons (Fsp3) is 0.688. The van der Waals surface area contributed by atoms with E-state index in [-0.39, 0.29) is 24.6 Å². The summed E-state index contributed by atoms with van der Waals surface area (Å²) < 4.78 is 17.5. The van der Waals surface area contributed by atoms with E-state index in [2.05, 4.69) is 10.1 Å². The molecule has 1 aromatic heterocycles. The van der Waals surface area contributed by atoms with Crippen LogP contribution in [0.2, 0.25) is 0 Å². The summed E-state index contributed by atoms with van der Waals surface area (Å²) >= 11 is 0. The van der Waals surface area contributed by atoms with Crippen LogP contribution in [0, 0.1) is 0 Å². The maximum atomic E-state index is 11.8. The number of nitrogens with one attached hydrogen (secondary N) is 1. The van der Waals surface area contributed by atoms with Gasteiger partial charge in [0, 0.05) is 6.20 Å². The second-order valence-electron chi connectivity index (χ2n) is 6.21. The van der Waals surface area contributed by atoms with Crippen molar-refractivity contribution in [2.45, 2.75) is 65.5 Å². The minimum atomic E-state index is -2.03. The SMILES string of the molecule is CCC(COP(O)NC(C)C(=O)OC(C)C)OC(C)n1ccc(N)nc1=O. The molecular formula is C16H29N4O6P. The van der Waals surface area contributed by atoms with E-state index in [1.54, 1.807) is 27.7 Å². The Labute approximate surface area is 160 Å². The molecule has 4 N–H and O–H groups in total. The summed E-state index contributed by atoms with van der Waals surface area (Å²) in [5.74, 6) is -0.330. The molecule has 0 fully saturated rings. The Morgan fingerprint density at radius 3 is 2.63 bits per heavy atom. The van der Waals surface area contributed by atoms with E-state index in [1.165, 1.54) is 16.8 Å². The number of carbonyl (C=O) groups excluding carboxylic acids is 1. The zero-order valence-corrected chi connectivity index (χ0v) is 17.2. The first kappa shape index (κ1) is 23.5. The molecule has 0 amide bonds. The van der Waals surface area contributed by atoms with Crippen molar-refractivity contribution in [1.82, 2.24) is 14.6 Å². The van der Waals surface area contributed by atoms with Gasteiger partial charge in [0.1, 0.15) is 18.1 Å². The first-order valence-electron chi connectivity index (χ1n) is 8.72. The maximum Gasteiger partial charge on any atom is 0.351 e. The summed E-state index contributed by atoms with van der Waals surface area (Å²) in [6, 6.07) is 0.801. The van der Waals surface area contributed by atoms with Crippen molar-refractivity contribution >= 4 is 20.3 Å². The number of nitrogens with zero attached hydrogens (tertiary/aromatic N) is 2. The predicted molar refractivity (Wildman–Crippen MR) is 102 cm³/mol. The Kier molecular flexibility index (Phi) is 9.82. The first-order valence-corrected chi connectivity index (χ1v) is 9.93. The van der Waals surface area contributed by atoms with Crippen LogP contribution in [0.25, 0.3) is 0 Å². The van der Waals surface area contributed by atoms with Crippen LogP contribution in [-0.4, -0.2) is 45.3 Å². The molecule has 4 atom stereocenters. The number of carbonyl (C=O) groups is 1. The topological polar surface area (TPSA) is 138 Å². The molecule has 1 aromatic rings. The average molecular weight is 404 g/mol. The van der Waals surface area contributed by atoms with Gasteiger partial charge >= 0.3 is 11.7 Å². The van der Waals surface area contributed by atoms with E-state index in [1.807, 2.05) is 6.92 Å². The Bertz CT molecular complexity index is 656. The van der Waals surface area contributed by atoms with E-state index >= 15 is 0 Å². The van der Waals surface area contributed by atoms with E-state index in [0.29, 0.717) is 6.42 Å². The third-order valence-corrected chi connectivity index (χ3v) is 4.48. The van der Waals surface area contributed by atoms with Crippen LogP contribution in [0.3, 0.4) is 0 Å². The van der Waals surface area contributed by atoms with Crippen molar-refractivity contribution in [1.29, 1.82) is 0 Å². The smallest absolute Gasteiger partial charge is 0.351 e. The van der Waals surface area contributed by atoms with Crippen molar-refractivity contribution in [3.8, 4) is 0 Å². The minimum Gasteiger partial charge on any atom is -0.462 e. The van der Waals surface area contributed by atoms with Crippen molar-refractivity contribution in [3.63, 3.8) is 0 Å². The number of aromatic nitrogens is 2. The lowest BCUT2D eigenvalue weighted by Crippen LogP contribution is -2.34. The highest BCUT2D eigenvalue weighted by molar-refractivity contribution is 7.43. The van der Waals surface area contributed by atoms with Gasteiger partial charge < -0.3 is 24.6 Å². The molecule has 10 nitrogen and oxygen atoms in total. The van der Waals surface area contributed by atoms with Gasteiger partial charge in [-0.2, -0.15) is 4.98 Å². The quantitative estimate of drug-likeness (QED) is 0.368. The van der Waals surface area contributed by atoms with Crippen molar-refractivity contribution < 1.29 is 23.7 Å². The highest BCUT2D eigenvalue weighted by Gasteiger charge is 2.22. The number of nitrogens with two attached hydrogens (primary N) is 1. The Balaban J connectivity index is 2.51. The molecular weight excluding hydrogens is 375 g/mol. The minimum absolute atomic E-state index is 0.0825. The van der Waals surface area contributed by atoms with Crippen LogP contribution in [0.1, 0.15) is 47.3 Å². The standard InChI is InChI=1S/C16H29N4O6P/c1-6-13(26-12(5)20-8-7-14(17)18-16(20)22)9-24-27(23)19-11(4)15(21)25-10(2)3/h7-8,10-13,19,23H,6,9H2,1-5H3,(H2,17,18,22). The highest BCUT2D eigenvalue weighted by Crippen LogP contribution is 2.28. The summed E-state index contributed by atoms with van der Waals surface area (Å²) in [7, 11) is -2.03. The van der Waals surface area contributed by atoms with Crippen LogP contribution in [0.15, 0.2) is 17.1 Å². The largest absolute Gasteiger partial charge is 0.462 e. The van der Waals surface area contributed by atoms with Gasteiger partial charge in [-0.3, -0.25) is 9.36 Å². The molecule has 154 valence electrons. The van der Waals surface area contributed by atoms with Crippen LogP contribution < -0.4 is 16.5 Å². The lowest BCUT2D eigenvalue weighted by Gasteiger charge is -2.24. The molecule has 0 aliphatic carbocycles. The molecule has 0 radical (unpaired) electrons. The number of ether oxygens (including phenoxy) is 2. The van der Waals surface area contributed by atoms with E-state index < -0.39 is 32.5 Å². The molecule has 1 rings (SSSR count). The molecule has 0 bridgehead atoms. The average Bonchev–Trinajstić information content (AvgIpc) is 2.57. The van der Waals surface area contributed by atoms with Gasteiger partial charge in [-0.05, 0) is 40.2 Å². The zero-order valence-electron chi connectivity index (χ0n) is 16.3. The van der Waals surface area contributed by atoms with Crippen LogP contribution in [-0.2, 0) is 18.8 Å². The summed E-state index contributed by atoms with van der Waals surface area (Å²) in [5.41, 5.74) is 4.96. The normalized spacial score (nSPS) is 16.0. The van der Waals surface area contributed by atoms with Gasteiger partial charge in [0.05, 0.1) is 18.8 Å². The molecule has 0 saturated carbocycles. The third kappa shape index (κ3) is 8.32. The van der Waals surface area contributed by atoms with E-state index in [0.717, 1.165) is 0 Å². The molecule has 0 saturated heterocycles. The number of anilines is 1. The second-order valence-corrected chi connectivity index (χ2v) is 7.28. The third-order valence-electron chi connectivity index (χ3n) is 3.48. The Morgan fingerprint density at radius 1 is 1.41 bits per heavy atom. The van der Waals surface area contributed by atoms with Crippen LogP contribution >= 0.6 is 8.53 Å². The number of hydrogen-bond donors (Lipinski definition) is 3. The molecule has 1 heterocycles. The molecule has 0 spiro atoms. The molecule has 0 aliphatic rings. The summed E-state index contributed by atoms with van der Waals surface area (Å²) in [4.78, 5) is 37.2. The highest BCUT2D eigenvalue weighted by atomic mass is 31.2. The fourth-order valence-corrected chi connectivity index (χ4v) is 2.86. The molecule has 27 heavy (non-hydrogen) atoms. The van der Waals surface area contributed by atoms with Crippen LogP contribution in [0.5, 0.6) is 0 Å². The van der Waals surface area contributed by atoms with E-state index in [9.17, 15) is 14.5 Å². The summed E-state index contributed by atoms with van der Waals surface area (Å²) in [5, 5.41) is 2.65. The van der Waals surface area contributed by atoms with Gasteiger partial charge in [-0.15, -0.1) is 0 Å². The monoisotopic (exact) mass is 404 g/mol. The Hall–Kier alpha value is -1.58.